The van der Waals surface area contributed by atoms with E-state index in [4.69, 9.17) is 36.3 Å². The summed E-state index contributed by atoms with van der Waals surface area (Å²) in [5, 5.41) is 16.5. The Labute approximate surface area is 512 Å². The molecule has 20 heteroatoms. The number of carboxylic acid groups (broad SMARTS) is 2. The maximum absolute atomic E-state index is 13.5. The van der Waals surface area contributed by atoms with Crippen molar-refractivity contribution in [1.82, 2.24) is 34.1 Å². The molecule has 86 heavy (non-hydrogen) atoms. The van der Waals surface area contributed by atoms with E-state index in [1.807, 2.05) is 95.6 Å². The zero-order chi connectivity index (χ0) is 60.0. The number of nitrogens with zero attached hydrogens (tertiary/aromatic N) is 6. The van der Waals surface area contributed by atoms with Gasteiger partial charge in [-0.15, -0.1) is 12.4 Å². The number of aryl methyl sites for hydroxylation is 2. The molecule has 5 aliphatic rings. The first-order chi connectivity index (χ1) is 41.1. The number of morpholine rings is 1. The second-order valence-electron chi connectivity index (χ2n) is 22.4. The number of aromatic amines is 2. The third-order valence-corrected chi connectivity index (χ3v) is 16.8. The number of benzene rings is 5. The highest BCUT2D eigenvalue weighted by Gasteiger charge is 2.33. The number of ether oxygens (including phenoxy) is 2. The number of amidine groups is 1. The van der Waals surface area contributed by atoms with Crippen LogP contribution in [0.2, 0.25) is 5.02 Å². The number of likely N-dealkylation sites (N-methyl/N-ethyl adjacent to an activating group) is 1. The number of nitrogens with one attached hydrogen (secondary N) is 2. The second-order valence-corrected chi connectivity index (χ2v) is 22.8. The summed E-state index contributed by atoms with van der Waals surface area (Å²) >= 11 is 6.23. The largest absolute Gasteiger partial charge is 0.481 e. The summed E-state index contributed by atoms with van der Waals surface area (Å²) in [5.41, 5.74) is 10.3. The minimum Gasteiger partial charge on any atom is -0.481 e. The van der Waals surface area contributed by atoms with Crippen LogP contribution in [-0.4, -0.2) is 154 Å². The summed E-state index contributed by atoms with van der Waals surface area (Å²) in [5.74, 6) is 0.499. The molecule has 1 atom stereocenters. The summed E-state index contributed by atoms with van der Waals surface area (Å²) in [6, 6.07) is 34.9. The van der Waals surface area contributed by atoms with Gasteiger partial charge in [-0.05, 0) is 149 Å². The van der Waals surface area contributed by atoms with Gasteiger partial charge in [0, 0.05) is 98.8 Å². The summed E-state index contributed by atoms with van der Waals surface area (Å²) < 4.78 is 40.3. The summed E-state index contributed by atoms with van der Waals surface area (Å²) in [6.07, 6.45) is 6.11. The SMILES string of the molecule is CCc1c(C)[nH]c2c1C(=O)C(CN1CCOCC1)CC2.CN1CCN(C2=Nc3ccccc3Oc3ccc(Cl)cc32)CC1.Cl.O=C(O)CCC(=O)O.O=c1[nH]c2ccccc2n1C1CCN(CCCC(c2ccc(F)cc2)c2ccc(F)cc2)CC1. The van der Waals surface area contributed by atoms with Crippen LogP contribution in [0.15, 0.2) is 125 Å². The molecule has 0 spiro atoms. The number of aliphatic carboxylic acids is 2. The number of fused-ring (bicyclic) bond motifs is 4. The first-order valence-electron chi connectivity index (χ1n) is 29.6. The number of rotatable bonds is 13. The lowest BCUT2D eigenvalue weighted by molar-refractivity contribution is -0.143. The number of carbonyl (C=O) groups is 3. The number of piperazine rings is 1. The summed E-state index contributed by atoms with van der Waals surface area (Å²) in [7, 11) is 2.15. The fourth-order valence-electron chi connectivity index (χ4n) is 12.0. The molecule has 0 saturated carbocycles. The van der Waals surface area contributed by atoms with Crippen molar-refractivity contribution in [3.63, 3.8) is 0 Å². The van der Waals surface area contributed by atoms with Crippen LogP contribution >= 0.6 is 24.0 Å². The van der Waals surface area contributed by atoms with Crippen molar-refractivity contribution in [3.05, 3.63) is 182 Å². The Morgan fingerprint density at radius 1 is 0.756 bits per heavy atom. The average Bonchev–Trinajstić information content (AvgIpc) is 2.11. The van der Waals surface area contributed by atoms with Gasteiger partial charge in [-0.1, -0.05) is 67.1 Å². The van der Waals surface area contributed by atoms with Gasteiger partial charge in [-0.3, -0.25) is 23.9 Å². The standard InChI is InChI=1S/C28H29F2N3O.C18H18ClN3O.C16H24N2O2.C4H6O4.ClH/c29-22-11-7-20(8-12-22)25(21-9-13-23(30)14-10-21)4-3-17-32-18-15-24(16-19-32)33-27-6-2-1-5-26(27)31-28(33)34;1-21-8-10-22(11-9-21)18-14-12-13(19)6-7-16(14)23-17-5-3-2-4-15(17)20-18;1-3-13-11(2)17-14-5-4-12(16(19)15(13)14)10-18-6-8-20-9-7-18;5-3(6)1-2-4(7)8;/h1-2,5-14,24-25H,3-4,15-19H2,(H,31,34);2-7,12H,8-11H2,1H3;12,17H,3-10H2,1-2H3;1-2H2,(H,5,6)(H,7,8);1H. The smallest absolute Gasteiger partial charge is 0.326 e. The number of hydrogen-bond donors (Lipinski definition) is 4. The number of hydrogen-bond acceptors (Lipinski definition) is 11. The number of imidazole rings is 1. The topological polar surface area (TPSA) is 189 Å². The summed E-state index contributed by atoms with van der Waals surface area (Å²) in [6.45, 7) is 15.5. The highest BCUT2D eigenvalue weighted by Crippen LogP contribution is 2.39. The van der Waals surface area contributed by atoms with Gasteiger partial charge in [0.05, 0.1) is 42.7 Å². The number of carbonyl (C=O) groups excluding carboxylic acids is 1. The minimum absolute atomic E-state index is 0. The van der Waals surface area contributed by atoms with Gasteiger partial charge in [-0.25, -0.2) is 18.6 Å². The number of aliphatic imine (C=N–C) groups is 1. The van der Waals surface area contributed by atoms with Gasteiger partial charge in [-0.2, -0.15) is 0 Å². The Bertz CT molecular complexity index is 3420. The van der Waals surface area contributed by atoms with Gasteiger partial charge >= 0.3 is 17.6 Å². The van der Waals surface area contributed by atoms with Crippen molar-refractivity contribution >= 4 is 64.3 Å². The molecule has 0 radical (unpaired) electrons. The number of para-hydroxylation sites is 4. The number of Topliss-reactive ketones (excluding diaryl/α,β-unsaturated/α-hetero) is 1. The van der Waals surface area contributed by atoms with Crippen molar-refractivity contribution in [2.45, 2.75) is 83.6 Å². The van der Waals surface area contributed by atoms with E-state index < -0.39 is 11.9 Å². The zero-order valence-corrected chi connectivity index (χ0v) is 50.7. The van der Waals surface area contributed by atoms with Crippen molar-refractivity contribution in [2.24, 2.45) is 10.9 Å². The normalized spacial score (nSPS) is 17.2. The van der Waals surface area contributed by atoms with Crippen molar-refractivity contribution < 1.29 is 42.9 Å². The lowest BCUT2D eigenvalue weighted by Crippen LogP contribution is -2.47. The minimum atomic E-state index is -1.08. The van der Waals surface area contributed by atoms with Crippen molar-refractivity contribution in [1.29, 1.82) is 0 Å². The van der Waals surface area contributed by atoms with E-state index in [2.05, 4.69) is 50.5 Å². The Balaban J connectivity index is 0.000000162. The Morgan fingerprint density at radius 3 is 2.02 bits per heavy atom. The fraction of sp³-hybridized carbons (Fsp3) is 0.409. The molecule has 0 bridgehead atoms. The molecule has 458 valence electrons. The maximum Gasteiger partial charge on any atom is 0.326 e. The molecule has 7 aromatic rings. The number of H-pyrrole nitrogens is 2. The monoisotopic (exact) mass is 1220 g/mol. The van der Waals surface area contributed by atoms with Crippen molar-refractivity contribution in [2.75, 3.05) is 85.7 Å². The lowest BCUT2D eigenvalue weighted by atomic mass is 9.83. The van der Waals surface area contributed by atoms with E-state index in [0.717, 1.165) is 180 Å². The Morgan fingerprint density at radius 2 is 1.38 bits per heavy atom. The van der Waals surface area contributed by atoms with E-state index in [9.17, 15) is 28.0 Å². The quantitative estimate of drug-likeness (QED) is 0.0856. The molecular formula is C66H78Cl2F2N8O8. The average molecular weight is 1220 g/mol. The van der Waals surface area contributed by atoms with Crippen molar-refractivity contribution in [3.8, 4) is 11.5 Å². The number of halogens is 4. The molecule has 3 fully saturated rings. The molecule has 1 unspecified atom stereocenters. The fourth-order valence-corrected chi connectivity index (χ4v) is 12.2. The maximum atomic E-state index is 13.5. The molecule has 4 N–H and O–H groups in total. The molecular weight excluding hydrogens is 1140 g/mol. The molecule has 6 heterocycles. The van der Waals surface area contributed by atoms with Gasteiger partial charge in [0.2, 0.25) is 0 Å². The number of likely N-dealkylation sites (tertiary alicyclic amines) is 1. The molecule has 3 saturated heterocycles. The zero-order valence-electron chi connectivity index (χ0n) is 49.1. The first-order valence-corrected chi connectivity index (χ1v) is 30.0. The number of aromatic nitrogens is 3. The van der Waals surface area contributed by atoms with Crippen LogP contribution in [0.25, 0.3) is 11.0 Å². The predicted molar refractivity (Wildman–Crippen MR) is 334 cm³/mol. The van der Waals surface area contributed by atoms with Gasteiger partial charge in [0.25, 0.3) is 0 Å². The molecule has 4 aliphatic heterocycles. The molecule has 12 rings (SSSR count). The van der Waals surface area contributed by atoms with Crippen LogP contribution in [0.3, 0.4) is 0 Å². The van der Waals surface area contributed by atoms with Crippen LogP contribution in [0.4, 0.5) is 14.5 Å². The van der Waals surface area contributed by atoms with Crippen LogP contribution in [0, 0.1) is 24.5 Å². The van der Waals surface area contributed by atoms with Crippen LogP contribution < -0.4 is 10.4 Å². The first kappa shape index (κ1) is 64.8. The predicted octanol–water partition coefficient (Wildman–Crippen LogP) is 11.9. The lowest BCUT2D eigenvalue weighted by Gasteiger charge is -2.34. The van der Waals surface area contributed by atoms with Gasteiger partial charge in [0.1, 0.15) is 28.9 Å². The number of carboxylic acids is 2. The molecule has 16 nitrogen and oxygen atoms in total. The van der Waals surface area contributed by atoms with Gasteiger partial charge < -0.3 is 44.4 Å². The van der Waals surface area contributed by atoms with Gasteiger partial charge in [0.15, 0.2) is 11.5 Å². The molecule has 5 aromatic carbocycles. The Hall–Kier alpha value is -7.19. The second kappa shape index (κ2) is 30.9. The van der Waals surface area contributed by atoms with E-state index in [-0.39, 0.29) is 60.5 Å². The number of piperidine rings is 1. The molecule has 1 aliphatic carbocycles. The van der Waals surface area contributed by atoms with Crippen LogP contribution in [0.5, 0.6) is 11.5 Å². The summed E-state index contributed by atoms with van der Waals surface area (Å²) in [4.78, 5) is 65.4. The molecule has 2 aromatic heterocycles. The van der Waals surface area contributed by atoms with Crippen LogP contribution in [0.1, 0.15) is 108 Å². The third-order valence-electron chi connectivity index (χ3n) is 16.6. The highest BCUT2D eigenvalue weighted by atomic mass is 35.5. The Kier molecular flexibility index (Phi) is 23.3. The third kappa shape index (κ3) is 16.9. The van der Waals surface area contributed by atoms with E-state index in [1.165, 1.54) is 41.2 Å². The van der Waals surface area contributed by atoms with E-state index in [1.54, 1.807) is 0 Å². The van der Waals surface area contributed by atoms with E-state index in [0.29, 0.717) is 10.8 Å². The number of ketones is 1. The molecule has 0 amide bonds. The van der Waals surface area contributed by atoms with Crippen LogP contribution in [-0.2, 0) is 27.2 Å². The van der Waals surface area contributed by atoms with E-state index >= 15 is 0 Å². The highest BCUT2D eigenvalue weighted by molar-refractivity contribution is 6.31.